The van der Waals surface area contributed by atoms with Crippen molar-refractivity contribution in [3.63, 3.8) is 0 Å². The van der Waals surface area contributed by atoms with E-state index < -0.39 is 6.04 Å². The summed E-state index contributed by atoms with van der Waals surface area (Å²) in [6, 6.07) is 7.07. The number of nitrogens with zero attached hydrogens (tertiary/aromatic N) is 2. The van der Waals surface area contributed by atoms with Gasteiger partial charge in [0, 0.05) is 32.6 Å². The fourth-order valence-electron chi connectivity index (χ4n) is 3.23. The van der Waals surface area contributed by atoms with Crippen LogP contribution < -0.4 is 10.1 Å². The number of piperazine rings is 1. The number of hydrogen-bond donors (Lipinski definition) is 1. The lowest BCUT2D eigenvalue weighted by molar-refractivity contribution is -0.140. The van der Waals surface area contributed by atoms with Crippen LogP contribution in [0, 0.1) is 0 Å². The van der Waals surface area contributed by atoms with Gasteiger partial charge in [0.25, 0.3) is 0 Å². The molecule has 2 heterocycles. The fourth-order valence-corrected chi connectivity index (χ4v) is 3.23. The van der Waals surface area contributed by atoms with Crippen molar-refractivity contribution in [2.24, 2.45) is 0 Å². The first-order chi connectivity index (χ1) is 12.1. The zero-order valence-corrected chi connectivity index (χ0v) is 14.4. The van der Waals surface area contributed by atoms with E-state index in [1.165, 1.54) is 0 Å². The van der Waals surface area contributed by atoms with E-state index in [1.54, 1.807) is 16.9 Å². The van der Waals surface area contributed by atoms with Crippen LogP contribution in [0.15, 0.2) is 24.3 Å². The molecule has 3 rings (SSSR count). The number of carbonyl (C=O) groups excluding carboxylic acids is 3. The molecule has 1 atom stereocenters. The van der Waals surface area contributed by atoms with E-state index in [0.29, 0.717) is 45.4 Å². The number of methoxy groups -OCH3 is 1. The van der Waals surface area contributed by atoms with Crippen molar-refractivity contribution in [1.82, 2.24) is 15.1 Å². The second-order valence-corrected chi connectivity index (χ2v) is 6.39. The van der Waals surface area contributed by atoms with E-state index in [0.717, 1.165) is 11.3 Å². The first kappa shape index (κ1) is 17.3. The van der Waals surface area contributed by atoms with E-state index in [4.69, 9.17) is 4.74 Å². The third kappa shape index (κ3) is 4.10. The predicted molar refractivity (Wildman–Crippen MR) is 91.0 cm³/mol. The van der Waals surface area contributed by atoms with Crippen molar-refractivity contribution in [3.05, 3.63) is 29.8 Å². The van der Waals surface area contributed by atoms with E-state index in [1.807, 2.05) is 24.3 Å². The number of nitrogens with one attached hydrogen (secondary N) is 1. The highest BCUT2D eigenvalue weighted by molar-refractivity contribution is 5.91. The van der Waals surface area contributed by atoms with Crippen LogP contribution in [-0.2, 0) is 20.8 Å². The second-order valence-electron chi connectivity index (χ2n) is 6.39. The SMILES string of the molecule is COc1ccc(CC(=O)N2CCN(C(=O)C3CCC(=O)N3)CC2)cc1. The van der Waals surface area contributed by atoms with Gasteiger partial charge in [0.05, 0.1) is 13.5 Å². The van der Waals surface area contributed by atoms with Crippen molar-refractivity contribution < 1.29 is 19.1 Å². The normalized spacial score (nSPS) is 20.4. The molecule has 2 fully saturated rings. The minimum Gasteiger partial charge on any atom is -0.497 e. The molecule has 1 unspecified atom stereocenters. The van der Waals surface area contributed by atoms with Crippen molar-refractivity contribution in [3.8, 4) is 5.75 Å². The summed E-state index contributed by atoms with van der Waals surface area (Å²) in [7, 11) is 1.61. The van der Waals surface area contributed by atoms with Gasteiger partial charge in [0.1, 0.15) is 11.8 Å². The molecule has 134 valence electrons. The minimum atomic E-state index is -0.394. The smallest absolute Gasteiger partial charge is 0.245 e. The Morgan fingerprint density at radius 2 is 1.76 bits per heavy atom. The summed E-state index contributed by atoms with van der Waals surface area (Å²) in [5, 5.41) is 2.71. The molecule has 1 aromatic carbocycles. The summed E-state index contributed by atoms with van der Waals surface area (Å²) < 4.78 is 5.11. The minimum absolute atomic E-state index is 0.0342. The topological polar surface area (TPSA) is 79.0 Å². The Balaban J connectivity index is 1.48. The molecule has 0 radical (unpaired) electrons. The molecule has 2 aliphatic heterocycles. The van der Waals surface area contributed by atoms with E-state index in [2.05, 4.69) is 5.32 Å². The van der Waals surface area contributed by atoms with E-state index in [9.17, 15) is 14.4 Å². The van der Waals surface area contributed by atoms with Gasteiger partial charge < -0.3 is 19.9 Å². The molecular formula is C18H23N3O4. The Hall–Kier alpha value is -2.57. The number of amides is 3. The first-order valence-corrected chi connectivity index (χ1v) is 8.55. The molecule has 7 heteroatoms. The molecule has 0 saturated carbocycles. The molecule has 25 heavy (non-hydrogen) atoms. The molecule has 0 aromatic heterocycles. The third-order valence-electron chi connectivity index (χ3n) is 4.75. The maximum absolute atomic E-state index is 12.4. The lowest BCUT2D eigenvalue weighted by Gasteiger charge is -2.36. The second kappa shape index (κ2) is 7.55. The lowest BCUT2D eigenvalue weighted by Crippen LogP contribution is -2.54. The Kier molecular flexibility index (Phi) is 5.21. The third-order valence-corrected chi connectivity index (χ3v) is 4.75. The zero-order chi connectivity index (χ0) is 17.8. The maximum atomic E-state index is 12.4. The average molecular weight is 345 g/mol. The standard InChI is InChI=1S/C18H23N3O4/c1-25-14-4-2-13(3-5-14)12-17(23)20-8-10-21(11-9-20)18(24)15-6-7-16(22)19-15/h2-5,15H,6-12H2,1H3,(H,19,22). The highest BCUT2D eigenvalue weighted by atomic mass is 16.5. The zero-order valence-electron chi connectivity index (χ0n) is 14.4. The van der Waals surface area contributed by atoms with Crippen LogP contribution in [0.2, 0.25) is 0 Å². The maximum Gasteiger partial charge on any atom is 0.245 e. The van der Waals surface area contributed by atoms with Crippen LogP contribution in [0.5, 0.6) is 5.75 Å². The molecule has 0 bridgehead atoms. The van der Waals surface area contributed by atoms with Gasteiger partial charge in [-0.3, -0.25) is 14.4 Å². The van der Waals surface area contributed by atoms with Crippen molar-refractivity contribution in [1.29, 1.82) is 0 Å². The quantitative estimate of drug-likeness (QED) is 0.845. The molecule has 0 aliphatic carbocycles. The fraction of sp³-hybridized carbons (Fsp3) is 0.500. The van der Waals surface area contributed by atoms with Gasteiger partial charge in [-0.25, -0.2) is 0 Å². The summed E-state index contributed by atoms with van der Waals surface area (Å²) >= 11 is 0. The highest BCUT2D eigenvalue weighted by Gasteiger charge is 2.32. The summed E-state index contributed by atoms with van der Waals surface area (Å²) in [5.41, 5.74) is 0.943. The molecule has 7 nitrogen and oxygen atoms in total. The predicted octanol–water partition coefficient (Wildman–Crippen LogP) is 0.187. The number of ether oxygens (including phenoxy) is 1. The molecule has 2 aliphatic rings. The van der Waals surface area contributed by atoms with Gasteiger partial charge in [0.2, 0.25) is 17.7 Å². The number of hydrogen-bond acceptors (Lipinski definition) is 4. The first-order valence-electron chi connectivity index (χ1n) is 8.55. The van der Waals surface area contributed by atoms with Crippen LogP contribution >= 0.6 is 0 Å². The molecule has 3 amide bonds. The van der Waals surface area contributed by atoms with Crippen LogP contribution in [0.3, 0.4) is 0 Å². The Bertz CT molecular complexity index is 651. The average Bonchev–Trinajstić information content (AvgIpc) is 3.08. The van der Waals surface area contributed by atoms with Crippen LogP contribution in [0.1, 0.15) is 18.4 Å². The summed E-state index contributed by atoms with van der Waals surface area (Å²) in [5.74, 6) is 0.730. The molecule has 1 aromatic rings. The molecule has 2 saturated heterocycles. The molecular weight excluding hydrogens is 322 g/mol. The monoisotopic (exact) mass is 345 g/mol. The highest BCUT2D eigenvalue weighted by Crippen LogP contribution is 2.15. The summed E-state index contributed by atoms with van der Waals surface area (Å²) in [6.45, 7) is 2.09. The van der Waals surface area contributed by atoms with Crippen LogP contribution in [-0.4, -0.2) is 66.9 Å². The number of benzene rings is 1. The Morgan fingerprint density at radius 1 is 1.12 bits per heavy atom. The Labute approximate surface area is 146 Å². The van der Waals surface area contributed by atoms with Gasteiger partial charge in [-0.1, -0.05) is 12.1 Å². The number of rotatable bonds is 4. The van der Waals surface area contributed by atoms with Gasteiger partial charge in [0.15, 0.2) is 0 Å². The van der Waals surface area contributed by atoms with Gasteiger partial charge in [-0.15, -0.1) is 0 Å². The van der Waals surface area contributed by atoms with Crippen LogP contribution in [0.4, 0.5) is 0 Å². The summed E-state index contributed by atoms with van der Waals surface area (Å²) in [4.78, 5) is 39.6. The molecule has 1 N–H and O–H groups in total. The van der Waals surface area contributed by atoms with Crippen LogP contribution in [0.25, 0.3) is 0 Å². The van der Waals surface area contributed by atoms with Gasteiger partial charge in [-0.2, -0.15) is 0 Å². The molecule has 0 spiro atoms. The van der Waals surface area contributed by atoms with E-state index in [-0.39, 0.29) is 17.7 Å². The van der Waals surface area contributed by atoms with Gasteiger partial charge in [-0.05, 0) is 24.1 Å². The number of carbonyl (C=O) groups is 3. The van der Waals surface area contributed by atoms with Crippen molar-refractivity contribution in [2.75, 3.05) is 33.3 Å². The van der Waals surface area contributed by atoms with E-state index >= 15 is 0 Å². The largest absolute Gasteiger partial charge is 0.497 e. The van der Waals surface area contributed by atoms with Crippen molar-refractivity contribution in [2.45, 2.75) is 25.3 Å². The van der Waals surface area contributed by atoms with Gasteiger partial charge >= 0.3 is 0 Å². The lowest BCUT2D eigenvalue weighted by atomic mass is 10.1. The summed E-state index contributed by atoms with van der Waals surface area (Å²) in [6.07, 6.45) is 1.32. The van der Waals surface area contributed by atoms with Crippen molar-refractivity contribution >= 4 is 17.7 Å². The Morgan fingerprint density at radius 3 is 2.32 bits per heavy atom.